The molecular weight excluding hydrogens is 1570 g/mol. The van der Waals surface area contributed by atoms with Crippen molar-refractivity contribution in [2.24, 2.45) is 52.5 Å². The molecule has 6 aromatic rings. The highest BCUT2D eigenvalue weighted by Crippen LogP contribution is 2.41. The Morgan fingerprint density at radius 2 is 0.935 bits per heavy atom. The fourth-order valence-corrected chi connectivity index (χ4v) is 11.4. The fourth-order valence-electron chi connectivity index (χ4n) is 11.4. The van der Waals surface area contributed by atoms with Crippen molar-refractivity contribution < 1.29 is 71.6 Å². The normalized spacial score (nSPS) is 11.9. The minimum absolute atomic E-state index is 0. The van der Waals surface area contributed by atoms with E-state index in [1.54, 1.807) is 96.1 Å². The van der Waals surface area contributed by atoms with E-state index in [0.29, 0.717) is 70.3 Å². The lowest BCUT2D eigenvalue weighted by molar-refractivity contribution is -0.159. The number of hydrogen-bond acceptors (Lipinski definition) is 20. The topological polar surface area (TPSA) is 305 Å². The van der Waals surface area contributed by atoms with Gasteiger partial charge in [-0.05, 0) is 190 Å². The van der Waals surface area contributed by atoms with Gasteiger partial charge in [-0.3, -0.25) is 48.1 Å². The number of nitrogens with zero attached hydrogens (tertiary/aromatic N) is 9. The summed E-state index contributed by atoms with van der Waals surface area (Å²) in [6.07, 6.45) is 28.3. The number of pyridine rings is 1. The number of imidazole rings is 4. The summed E-state index contributed by atoms with van der Waals surface area (Å²) in [7, 11) is 6.46. The lowest BCUT2D eigenvalue weighted by Crippen LogP contribution is -2.49. The molecule has 25 heteroatoms. The van der Waals surface area contributed by atoms with Crippen molar-refractivity contribution in [3.05, 3.63) is 128 Å². The quantitative estimate of drug-likeness (QED) is 0.0219. The van der Waals surface area contributed by atoms with Gasteiger partial charge >= 0.3 is 35.8 Å². The van der Waals surface area contributed by atoms with Gasteiger partial charge < -0.3 is 52.0 Å². The third kappa shape index (κ3) is 52.6. The molecule has 25 nitrogen and oxygen atoms in total. The van der Waals surface area contributed by atoms with E-state index in [1.165, 1.54) is 14.2 Å². The number of amides is 1. The standard InChI is InChI=1S/C20H26N2O4.C19H30N2O3.C16H26N2O3.C15H24N2O3.C11H18N2O2.18CH4/c1-6-20(4,13-19(2,3)17(23)25-5)18(24)26-16-9-7-15(8-10-16)22-12-11-21-14-22;1-6-19(4,14-18(2,3)17(23)24-5)21-16(22)11-7-9-15-10-8-12-20-13-15;1-6-16(5,11-15(3,4)13(2)19)14(20)21-10-9-18-8-7-17-12-18;1-6-15(4,7-11(2)12(3)18)14(19)20-9-13-8-16-10-17(13)5;1-5-11(2,3)15-10(14)6-9-7-12-8-13(9)4;;;;;;;;;;;;;;;;;;/h7-12,14H,6,13H2,1-5H3;8,10,12-13H,6-7,9,11,14H2,1-5H3,(H,21,22);7-8,12H,6,9-11H2,1-5H3;8,10-11H,6-7,9H2,1-5H3;7-8H,5-6H2,1-4H3;18*1H4. The Hall–Kier alpha value is -9.16. The number of ether oxygens (including phenoxy) is 6. The van der Waals surface area contributed by atoms with Gasteiger partial charge in [-0.1, -0.05) is 195 Å². The molecule has 0 radical (unpaired) electrons. The molecule has 5 unspecified atom stereocenters. The number of benzene rings is 1. The van der Waals surface area contributed by atoms with Gasteiger partial charge in [0.1, 0.15) is 36.1 Å². The van der Waals surface area contributed by atoms with Gasteiger partial charge in [0.05, 0.1) is 91.5 Å². The van der Waals surface area contributed by atoms with Crippen molar-refractivity contribution in [3.63, 3.8) is 0 Å². The number of nitrogens with one attached hydrogen (secondary N) is 1. The number of aromatic nitrogens is 9. The van der Waals surface area contributed by atoms with E-state index in [4.69, 9.17) is 28.4 Å². The van der Waals surface area contributed by atoms with Crippen LogP contribution < -0.4 is 10.1 Å². The molecule has 1 aromatic carbocycles. The number of hydrogen-bond donors (Lipinski definition) is 1. The SMILES string of the molecule is C.C.C.C.C.C.C.C.C.C.C.C.C.C.C.C.C.C.CCC(C)(C)OC(=O)Cc1cncn1C.CCC(C)(CC(C)(C)C(=O)OC)C(=O)Oc1ccc(-n2ccnc2)cc1.CCC(C)(CC(C)(C)C(=O)OC)NC(=O)CCCc1cccnc1.CCC(C)(CC(C)(C)C(C)=O)C(=O)OCCn1ccnc1.CCC(C)(CC(C)C(C)=O)C(=O)OCc1cncn1C. The number of carbonyl (C=O) groups is 9. The molecule has 6 rings (SSSR count). The maximum Gasteiger partial charge on any atom is 0.317 e. The second-order valence-electron chi connectivity index (χ2n) is 31.0. The molecule has 1 amide bonds. The Labute approximate surface area is 762 Å². The molecule has 732 valence electrons. The first-order valence-electron chi connectivity index (χ1n) is 36.5. The molecular formula is C99H196N10O15. The maximum absolute atomic E-state index is 12.8. The minimum Gasteiger partial charge on any atom is -0.469 e. The Morgan fingerprint density at radius 3 is 1.34 bits per heavy atom. The van der Waals surface area contributed by atoms with E-state index >= 15 is 0 Å². The summed E-state index contributed by atoms with van der Waals surface area (Å²) in [6.45, 7) is 38.3. The number of rotatable bonds is 35. The van der Waals surface area contributed by atoms with Gasteiger partial charge in [-0.25, -0.2) is 19.9 Å². The summed E-state index contributed by atoms with van der Waals surface area (Å²) in [5.41, 5.74) is -1.01. The molecule has 0 aliphatic heterocycles. The van der Waals surface area contributed by atoms with Crippen LogP contribution in [0.15, 0.2) is 111 Å². The number of ketones is 2. The van der Waals surface area contributed by atoms with Crippen LogP contribution in [0.5, 0.6) is 5.75 Å². The molecule has 0 aliphatic rings. The van der Waals surface area contributed by atoms with Gasteiger partial charge in [-0.2, -0.15) is 0 Å². The highest BCUT2D eigenvalue weighted by Gasteiger charge is 2.44. The number of aryl methyl sites for hydroxylation is 3. The summed E-state index contributed by atoms with van der Waals surface area (Å²) in [4.78, 5) is 128. The molecule has 124 heavy (non-hydrogen) atoms. The molecule has 1 N–H and O–H groups in total. The zero-order valence-electron chi connectivity index (χ0n) is 67.9. The van der Waals surface area contributed by atoms with E-state index in [1.807, 2.05) is 186 Å². The highest BCUT2D eigenvalue weighted by atomic mass is 16.6. The van der Waals surface area contributed by atoms with E-state index in [2.05, 4.69) is 30.2 Å². The lowest BCUT2D eigenvalue weighted by atomic mass is 9.71. The van der Waals surface area contributed by atoms with E-state index in [0.717, 1.165) is 48.3 Å². The van der Waals surface area contributed by atoms with E-state index < -0.39 is 38.0 Å². The van der Waals surface area contributed by atoms with Crippen LogP contribution in [0, 0.1) is 38.4 Å². The van der Waals surface area contributed by atoms with Crippen molar-refractivity contribution in [1.82, 2.24) is 48.5 Å². The van der Waals surface area contributed by atoms with Gasteiger partial charge in [0.2, 0.25) is 5.91 Å². The Kier molecular flexibility index (Phi) is 90.3. The third-order valence-electron chi connectivity index (χ3n) is 19.8. The average Bonchev–Trinajstić information content (AvgIpc) is 0.883. The van der Waals surface area contributed by atoms with Crippen LogP contribution in [0.3, 0.4) is 0 Å². The van der Waals surface area contributed by atoms with Gasteiger partial charge in [0, 0.05) is 92.1 Å². The van der Waals surface area contributed by atoms with Crippen LogP contribution >= 0.6 is 0 Å². The first kappa shape index (κ1) is 155. The monoisotopic (exact) mass is 1770 g/mol. The molecule has 5 heterocycles. The van der Waals surface area contributed by atoms with Crippen molar-refractivity contribution in [3.8, 4) is 11.4 Å². The largest absolute Gasteiger partial charge is 0.469 e. The average molecular weight is 1770 g/mol. The summed E-state index contributed by atoms with van der Waals surface area (Å²) >= 11 is 0. The van der Waals surface area contributed by atoms with Gasteiger partial charge in [-0.15, -0.1) is 0 Å². The number of esters is 6. The van der Waals surface area contributed by atoms with Crippen molar-refractivity contribution in [1.29, 1.82) is 0 Å². The summed E-state index contributed by atoms with van der Waals surface area (Å²) in [5, 5.41) is 3.10. The van der Waals surface area contributed by atoms with Crippen molar-refractivity contribution in [2.75, 3.05) is 20.8 Å². The van der Waals surface area contributed by atoms with Crippen LogP contribution in [0.2, 0.25) is 0 Å². The molecule has 0 saturated heterocycles. The van der Waals surface area contributed by atoms with Gasteiger partial charge in [0.25, 0.3) is 0 Å². The van der Waals surface area contributed by atoms with E-state index in [-0.39, 0.29) is 212 Å². The molecule has 0 saturated carbocycles. The van der Waals surface area contributed by atoms with Crippen molar-refractivity contribution >= 4 is 53.3 Å². The second-order valence-corrected chi connectivity index (χ2v) is 31.0. The smallest absolute Gasteiger partial charge is 0.317 e. The summed E-state index contributed by atoms with van der Waals surface area (Å²) in [6, 6.07) is 11.1. The first-order chi connectivity index (χ1) is 49.4. The Bertz CT molecular complexity index is 3700. The van der Waals surface area contributed by atoms with E-state index in [9.17, 15) is 43.2 Å². The van der Waals surface area contributed by atoms with Crippen LogP contribution in [-0.2, 0) is 107 Å². The zero-order valence-corrected chi connectivity index (χ0v) is 67.9. The Morgan fingerprint density at radius 1 is 0.476 bits per heavy atom. The molecule has 5 atom stereocenters. The number of Topliss-reactive ketones (excluding diaryl/α,β-unsaturated/α-hetero) is 2. The zero-order chi connectivity index (χ0) is 80.5. The predicted octanol–water partition coefficient (Wildman–Crippen LogP) is 25.5. The molecule has 0 aliphatic carbocycles. The van der Waals surface area contributed by atoms with Crippen LogP contribution in [0.4, 0.5) is 0 Å². The molecule has 0 spiro atoms. The molecule has 0 bridgehead atoms. The first-order valence-corrected chi connectivity index (χ1v) is 36.5. The summed E-state index contributed by atoms with van der Waals surface area (Å²) in [5.74, 6) is -1.10. The maximum atomic E-state index is 12.8. The van der Waals surface area contributed by atoms with Gasteiger partial charge in [0.15, 0.2) is 0 Å². The molecule has 5 aromatic heterocycles. The highest BCUT2D eigenvalue weighted by molar-refractivity contribution is 5.84. The fraction of sp³-hybridized carbons (Fsp3) is 0.677. The lowest BCUT2D eigenvalue weighted by Gasteiger charge is -2.36. The Balaban J connectivity index is -0.0000000749. The summed E-state index contributed by atoms with van der Waals surface area (Å²) < 4.78 is 38.8. The number of carbonyl (C=O) groups excluding carboxylic acids is 9. The molecule has 0 fully saturated rings. The minimum atomic E-state index is -0.791. The predicted molar refractivity (Wildman–Crippen MR) is 527 cm³/mol. The third-order valence-corrected chi connectivity index (χ3v) is 19.8. The van der Waals surface area contributed by atoms with Crippen LogP contribution in [0.25, 0.3) is 5.69 Å². The number of methoxy groups -OCH3 is 2. The van der Waals surface area contributed by atoms with Crippen LogP contribution in [-0.4, -0.2) is 128 Å². The van der Waals surface area contributed by atoms with Crippen LogP contribution in [0.1, 0.15) is 360 Å². The second kappa shape index (κ2) is 72.0. The van der Waals surface area contributed by atoms with Crippen molar-refractivity contribution in [2.45, 2.75) is 380 Å².